The summed E-state index contributed by atoms with van der Waals surface area (Å²) in [6, 6.07) is 13.6. The van der Waals surface area contributed by atoms with Crippen LogP contribution in [0.1, 0.15) is 49.8 Å². The monoisotopic (exact) mass is 536 g/mol. The number of rotatable bonds is 9. The zero-order chi connectivity index (χ0) is 26.8. The highest BCUT2D eigenvalue weighted by Gasteiger charge is 2.24. The molecule has 1 aliphatic heterocycles. The number of H-pyrrole nitrogens is 1. The summed E-state index contributed by atoms with van der Waals surface area (Å²) < 4.78 is 16.5. The number of halogens is 2. The summed E-state index contributed by atoms with van der Waals surface area (Å²) in [5, 5.41) is 4.33. The van der Waals surface area contributed by atoms with Crippen molar-refractivity contribution in [1.29, 1.82) is 0 Å². The number of nitrogens with two attached hydrogens (primary N) is 2. The lowest BCUT2D eigenvalue weighted by Gasteiger charge is -2.12. The third kappa shape index (κ3) is 5.68. The summed E-state index contributed by atoms with van der Waals surface area (Å²) in [4.78, 5) is 20.2. The van der Waals surface area contributed by atoms with Crippen LogP contribution in [0.5, 0.6) is 0 Å². The van der Waals surface area contributed by atoms with Crippen LogP contribution >= 0.6 is 11.6 Å². The molecule has 2 aromatic carbocycles. The van der Waals surface area contributed by atoms with Gasteiger partial charge in [0.15, 0.2) is 5.82 Å². The van der Waals surface area contributed by atoms with Crippen LogP contribution in [-0.2, 0) is 6.42 Å². The number of nitrogens with zero attached hydrogens (tertiary/aromatic N) is 2. The van der Waals surface area contributed by atoms with Crippen LogP contribution in [0.15, 0.2) is 53.5 Å². The second-order valence-corrected chi connectivity index (χ2v) is 10.8. The van der Waals surface area contributed by atoms with Crippen LogP contribution in [0.2, 0.25) is 5.02 Å². The molecule has 0 amide bonds. The van der Waals surface area contributed by atoms with Gasteiger partial charge >= 0.3 is 5.69 Å². The third-order valence-electron chi connectivity index (χ3n) is 7.38. The first-order valence-electron chi connectivity index (χ1n) is 13.2. The topological polar surface area (TPSA) is 115 Å². The summed E-state index contributed by atoms with van der Waals surface area (Å²) in [7, 11) is 0. The van der Waals surface area contributed by atoms with Gasteiger partial charge in [0.25, 0.3) is 0 Å². The van der Waals surface area contributed by atoms with Crippen molar-refractivity contribution < 1.29 is 4.39 Å². The molecule has 200 valence electrons. The summed E-state index contributed by atoms with van der Waals surface area (Å²) in [6.45, 7) is 3.65. The van der Waals surface area contributed by atoms with Gasteiger partial charge in [-0.15, -0.1) is 0 Å². The lowest BCUT2D eigenvalue weighted by Crippen LogP contribution is -2.20. The fourth-order valence-corrected chi connectivity index (χ4v) is 5.57. The Hall–Kier alpha value is -3.04. The molecule has 0 spiro atoms. The number of benzene rings is 2. The van der Waals surface area contributed by atoms with Crippen molar-refractivity contribution in [3.8, 4) is 16.9 Å². The second kappa shape index (κ2) is 11.4. The highest BCUT2D eigenvalue weighted by Crippen LogP contribution is 2.32. The van der Waals surface area contributed by atoms with Crippen LogP contribution in [-0.4, -0.2) is 33.7 Å². The van der Waals surface area contributed by atoms with Crippen molar-refractivity contribution >= 4 is 22.6 Å². The molecule has 1 saturated heterocycles. The summed E-state index contributed by atoms with van der Waals surface area (Å²) in [5.74, 6) is 0.0888. The van der Waals surface area contributed by atoms with Crippen molar-refractivity contribution in [2.75, 3.05) is 13.1 Å². The Bertz CT molecular complexity index is 1480. The molecule has 0 aliphatic carbocycles. The maximum atomic E-state index is 15.0. The molecule has 5 rings (SSSR count). The van der Waals surface area contributed by atoms with Crippen molar-refractivity contribution in [2.24, 2.45) is 17.4 Å². The van der Waals surface area contributed by atoms with E-state index in [0.29, 0.717) is 40.8 Å². The largest absolute Gasteiger partial charge is 0.354 e. The van der Waals surface area contributed by atoms with Crippen LogP contribution in [0.25, 0.3) is 28.0 Å². The smallest absolute Gasteiger partial charge is 0.339 e. The van der Waals surface area contributed by atoms with Gasteiger partial charge in [0.05, 0.1) is 16.4 Å². The van der Waals surface area contributed by atoms with Gasteiger partial charge in [-0.25, -0.2) is 9.18 Å². The molecule has 6 N–H and O–H groups in total. The molecule has 4 aromatic rings. The van der Waals surface area contributed by atoms with Crippen LogP contribution in [0.4, 0.5) is 4.39 Å². The Labute approximate surface area is 226 Å². The summed E-state index contributed by atoms with van der Waals surface area (Å²) in [6.07, 6.45) is 6.32. The number of fused-ring (bicyclic) bond motifs is 1. The normalized spacial score (nSPS) is 18.3. The standard InChI is InChI=1S/C29H34ClFN6O/c1-17(33)3-2-4-18-11-23(27(31)24(30)12-18)26-14-21-16-37(29(38)36-28(21)35-26)22-7-5-20(6-8-22)25-13-19(9-10-32)15-34-25/h5-8,11-12,14,16-17,19,25,34H,2-4,9-10,13,15,32-33H2,1H3,(H,35,36,38)/t17-,19?,25-/m0/s1. The van der Waals surface area contributed by atoms with E-state index in [4.69, 9.17) is 23.1 Å². The Kier molecular flexibility index (Phi) is 7.95. The van der Waals surface area contributed by atoms with Crippen molar-refractivity contribution in [1.82, 2.24) is 19.9 Å². The van der Waals surface area contributed by atoms with Gasteiger partial charge in [0.1, 0.15) is 5.65 Å². The molecule has 3 heterocycles. The van der Waals surface area contributed by atoms with E-state index < -0.39 is 11.5 Å². The van der Waals surface area contributed by atoms with E-state index in [1.165, 1.54) is 10.1 Å². The van der Waals surface area contributed by atoms with Gasteiger partial charge in [0, 0.05) is 29.2 Å². The maximum Gasteiger partial charge on any atom is 0.354 e. The molecule has 1 unspecified atom stereocenters. The molecular formula is C29H34ClFN6O. The second-order valence-electron chi connectivity index (χ2n) is 10.4. The average Bonchev–Trinajstić information content (AvgIpc) is 3.52. The molecule has 7 nitrogen and oxygen atoms in total. The van der Waals surface area contributed by atoms with E-state index in [2.05, 4.69) is 15.3 Å². The first-order chi connectivity index (χ1) is 18.3. The summed E-state index contributed by atoms with van der Waals surface area (Å²) >= 11 is 6.23. The molecule has 0 bridgehead atoms. The van der Waals surface area contributed by atoms with Gasteiger partial charge in [-0.2, -0.15) is 4.98 Å². The fraction of sp³-hybridized carbons (Fsp3) is 0.379. The van der Waals surface area contributed by atoms with Crippen molar-refractivity contribution in [3.63, 3.8) is 0 Å². The van der Waals surface area contributed by atoms with E-state index in [1.54, 1.807) is 24.4 Å². The number of aromatic nitrogens is 3. The zero-order valence-electron chi connectivity index (χ0n) is 21.5. The molecule has 38 heavy (non-hydrogen) atoms. The van der Waals surface area contributed by atoms with Gasteiger partial charge < -0.3 is 21.8 Å². The highest BCUT2D eigenvalue weighted by atomic mass is 35.5. The van der Waals surface area contributed by atoms with Crippen LogP contribution < -0.4 is 22.5 Å². The molecule has 2 aromatic heterocycles. The van der Waals surface area contributed by atoms with Gasteiger partial charge in [0.2, 0.25) is 0 Å². The Morgan fingerprint density at radius 1 is 1.24 bits per heavy atom. The minimum atomic E-state index is -0.505. The molecule has 9 heteroatoms. The van der Waals surface area contributed by atoms with Crippen molar-refractivity contribution in [3.05, 3.63) is 81.1 Å². The third-order valence-corrected chi connectivity index (χ3v) is 7.66. The number of nitrogens with one attached hydrogen (secondary N) is 2. The van der Waals surface area contributed by atoms with E-state index in [1.807, 2.05) is 31.2 Å². The lowest BCUT2D eigenvalue weighted by atomic mass is 9.97. The lowest BCUT2D eigenvalue weighted by molar-refractivity contribution is 0.527. The minimum absolute atomic E-state index is 0.0654. The quantitative estimate of drug-likeness (QED) is 0.244. The van der Waals surface area contributed by atoms with E-state index in [0.717, 1.165) is 49.9 Å². The average molecular weight is 537 g/mol. The first kappa shape index (κ1) is 26.6. The van der Waals surface area contributed by atoms with E-state index in [-0.39, 0.29) is 11.1 Å². The fourth-order valence-electron chi connectivity index (χ4n) is 5.32. The molecule has 1 fully saturated rings. The number of aromatic amines is 1. The number of aryl methyl sites for hydroxylation is 1. The highest BCUT2D eigenvalue weighted by molar-refractivity contribution is 6.31. The maximum absolute atomic E-state index is 15.0. The molecule has 1 aliphatic rings. The molecule has 3 atom stereocenters. The number of hydrogen-bond acceptors (Lipinski definition) is 5. The SMILES string of the molecule is C[C@H](N)CCCc1cc(Cl)c(F)c(-c2cc3cn(-c4ccc([C@@H]5CC(CCN)CN5)cc4)c(=O)nc3[nH]2)c1. The van der Waals surface area contributed by atoms with Crippen LogP contribution in [0.3, 0.4) is 0 Å². The Balaban J connectivity index is 1.41. The predicted octanol–water partition coefficient (Wildman–Crippen LogP) is 4.84. The molecule has 0 radical (unpaired) electrons. The van der Waals surface area contributed by atoms with Gasteiger partial charge in [-0.05, 0) is 99.5 Å². The molecule has 0 saturated carbocycles. The van der Waals surface area contributed by atoms with Crippen molar-refractivity contribution in [2.45, 2.75) is 51.1 Å². The van der Waals surface area contributed by atoms with E-state index >= 15 is 4.39 Å². The summed E-state index contributed by atoms with van der Waals surface area (Å²) in [5.41, 5.74) is 15.3. The molecular weight excluding hydrogens is 503 g/mol. The minimum Gasteiger partial charge on any atom is -0.339 e. The van der Waals surface area contributed by atoms with Gasteiger partial charge in [-0.1, -0.05) is 23.7 Å². The van der Waals surface area contributed by atoms with E-state index in [9.17, 15) is 4.79 Å². The number of hydrogen-bond donors (Lipinski definition) is 4. The Morgan fingerprint density at radius 3 is 2.76 bits per heavy atom. The van der Waals surface area contributed by atoms with Gasteiger partial charge in [-0.3, -0.25) is 4.57 Å². The predicted molar refractivity (Wildman–Crippen MR) is 151 cm³/mol. The first-order valence-corrected chi connectivity index (χ1v) is 13.6. The zero-order valence-corrected chi connectivity index (χ0v) is 22.3. The van der Waals surface area contributed by atoms with Crippen LogP contribution in [0, 0.1) is 11.7 Å². The Morgan fingerprint density at radius 2 is 2.03 bits per heavy atom.